The van der Waals surface area contributed by atoms with Crippen molar-refractivity contribution in [2.45, 2.75) is 18.9 Å². The van der Waals surface area contributed by atoms with Gasteiger partial charge in [-0.25, -0.2) is 0 Å². The highest BCUT2D eigenvalue weighted by Crippen LogP contribution is 2.23. The van der Waals surface area contributed by atoms with Gasteiger partial charge in [-0.1, -0.05) is 24.3 Å². The van der Waals surface area contributed by atoms with Crippen LogP contribution in [0.5, 0.6) is 0 Å². The lowest BCUT2D eigenvalue weighted by atomic mass is 10.0. The molecule has 1 atom stereocenters. The van der Waals surface area contributed by atoms with Gasteiger partial charge >= 0.3 is 0 Å². The van der Waals surface area contributed by atoms with Crippen LogP contribution in [0.3, 0.4) is 0 Å². The third kappa shape index (κ3) is 2.62. The van der Waals surface area contributed by atoms with Crippen molar-refractivity contribution in [2.24, 2.45) is 12.8 Å². The number of fused-ring (bicyclic) bond motifs is 1. The van der Waals surface area contributed by atoms with Crippen molar-refractivity contribution in [1.29, 1.82) is 0 Å². The number of aryl methyl sites for hydroxylation is 1. The number of hydrogen-bond acceptors (Lipinski definition) is 3. The molecule has 3 rings (SSSR count). The first-order valence-electron chi connectivity index (χ1n) is 7.27. The molecule has 0 bridgehead atoms. The molecule has 0 saturated carbocycles. The lowest BCUT2D eigenvalue weighted by molar-refractivity contribution is 0.211. The molecule has 1 aliphatic heterocycles. The minimum Gasteiger partial charge on any atom is -0.329 e. The van der Waals surface area contributed by atoms with Crippen molar-refractivity contribution in [1.82, 2.24) is 14.7 Å². The predicted molar refractivity (Wildman–Crippen MR) is 80.4 cm³/mol. The second kappa shape index (κ2) is 5.77. The second-order valence-corrected chi connectivity index (χ2v) is 5.50. The summed E-state index contributed by atoms with van der Waals surface area (Å²) in [6, 6.07) is 9.05. The Morgan fingerprint density at radius 3 is 2.35 bits per heavy atom. The summed E-state index contributed by atoms with van der Waals surface area (Å²) < 4.78 is 1.85. The number of hydrogen-bond donors (Lipinski definition) is 1. The highest BCUT2D eigenvalue weighted by Gasteiger charge is 2.22. The molecular weight excluding hydrogens is 248 g/mol. The smallest absolute Gasteiger partial charge is 0.0538 e. The first kappa shape index (κ1) is 13.3. The molecule has 2 N–H and O–H groups in total. The summed E-state index contributed by atoms with van der Waals surface area (Å²) in [6.07, 6.45) is 6.23. The highest BCUT2D eigenvalue weighted by molar-refractivity contribution is 5.29. The number of nitrogens with two attached hydrogens (primary N) is 1. The quantitative estimate of drug-likeness (QED) is 0.920. The Morgan fingerprint density at radius 2 is 1.85 bits per heavy atom. The molecule has 20 heavy (non-hydrogen) atoms. The number of nitrogens with zero attached hydrogens (tertiary/aromatic N) is 3. The summed E-state index contributed by atoms with van der Waals surface area (Å²) in [5, 5.41) is 4.28. The zero-order valence-corrected chi connectivity index (χ0v) is 12.0. The highest BCUT2D eigenvalue weighted by atomic mass is 15.3. The van der Waals surface area contributed by atoms with Crippen molar-refractivity contribution >= 4 is 0 Å². The SMILES string of the molecule is Cn1cc(C(CN)N2CCc3ccccc3CC2)cn1. The maximum Gasteiger partial charge on any atom is 0.0538 e. The number of aromatic nitrogens is 2. The molecule has 0 aliphatic carbocycles. The minimum absolute atomic E-state index is 0.276. The molecule has 0 radical (unpaired) electrons. The fourth-order valence-corrected chi connectivity index (χ4v) is 3.11. The van der Waals surface area contributed by atoms with Gasteiger partial charge in [-0.3, -0.25) is 9.58 Å². The van der Waals surface area contributed by atoms with Gasteiger partial charge in [-0.2, -0.15) is 5.10 Å². The third-order valence-electron chi connectivity index (χ3n) is 4.23. The Morgan fingerprint density at radius 1 is 1.20 bits per heavy atom. The summed E-state index contributed by atoms with van der Waals surface area (Å²) in [7, 11) is 1.95. The van der Waals surface area contributed by atoms with E-state index < -0.39 is 0 Å². The molecule has 0 saturated heterocycles. The maximum atomic E-state index is 6.02. The normalized spacial score (nSPS) is 17.5. The first-order chi connectivity index (χ1) is 9.78. The van der Waals surface area contributed by atoms with E-state index in [1.807, 2.05) is 17.9 Å². The molecule has 1 aromatic carbocycles. The molecule has 0 spiro atoms. The van der Waals surface area contributed by atoms with Gasteiger partial charge in [0.2, 0.25) is 0 Å². The molecule has 4 heteroatoms. The van der Waals surface area contributed by atoms with Crippen LogP contribution in [0.25, 0.3) is 0 Å². The van der Waals surface area contributed by atoms with Crippen LogP contribution in [0, 0.1) is 0 Å². The van der Waals surface area contributed by atoms with E-state index in [0.29, 0.717) is 6.54 Å². The van der Waals surface area contributed by atoms with Gasteiger partial charge in [0, 0.05) is 38.4 Å². The lowest BCUT2D eigenvalue weighted by Crippen LogP contribution is -2.35. The molecule has 2 aromatic rings. The van der Waals surface area contributed by atoms with Gasteiger partial charge in [0.15, 0.2) is 0 Å². The molecular formula is C16H22N4. The van der Waals surface area contributed by atoms with E-state index in [1.165, 1.54) is 16.7 Å². The van der Waals surface area contributed by atoms with E-state index in [4.69, 9.17) is 5.73 Å². The second-order valence-electron chi connectivity index (χ2n) is 5.50. The zero-order valence-electron chi connectivity index (χ0n) is 12.0. The molecule has 1 unspecified atom stereocenters. The topological polar surface area (TPSA) is 47.1 Å². The first-order valence-corrected chi connectivity index (χ1v) is 7.27. The zero-order chi connectivity index (χ0) is 13.9. The Balaban J connectivity index is 1.78. The Labute approximate surface area is 120 Å². The van der Waals surface area contributed by atoms with Crippen LogP contribution >= 0.6 is 0 Å². The van der Waals surface area contributed by atoms with E-state index in [-0.39, 0.29) is 6.04 Å². The summed E-state index contributed by atoms with van der Waals surface area (Å²) in [4.78, 5) is 2.50. The van der Waals surface area contributed by atoms with Crippen LogP contribution in [-0.4, -0.2) is 34.3 Å². The van der Waals surface area contributed by atoms with E-state index in [1.54, 1.807) is 0 Å². The fourth-order valence-electron chi connectivity index (χ4n) is 3.11. The largest absolute Gasteiger partial charge is 0.329 e. The van der Waals surface area contributed by atoms with Gasteiger partial charge in [-0.05, 0) is 24.0 Å². The van der Waals surface area contributed by atoms with E-state index in [2.05, 4.69) is 40.5 Å². The van der Waals surface area contributed by atoms with Crippen LogP contribution in [0.15, 0.2) is 36.7 Å². The Hall–Kier alpha value is -1.65. The van der Waals surface area contributed by atoms with Crippen LogP contribution in [-0.2, 0) is 19.9 Å². The summed E-state index contributed by atoms with van der Waals surface area (Å²) >= 11 is 0. The van der Waals surface area contributed by atoms with E-state index in [0.717, 1.165) is 25.9 Å². The molecule has 0 amide bonds. The molecule has 2 heterocycles. The van der Waals surface area contributed by atoms with Crippen LogP contribution in [0.1, 0.15) is 22.7 Å². The minimum atomic E-state index is 0.276. The van der Waals surface area contributed by atoms with Crippen molar-refractivity contribution in [2.75, 3.05) is 19.6 Å². The van der Waals surface area contributed by atoms with Crippen molar-refractivity contribution in [3.63, 3.8) is 0 Å². The molecule has 1 aliphatic rings. The number of rotatable bonds is 3. The third-order valence-corrected chi connectivity index (χ3v) is 4.23. The monoisotopic (exact) mass is 270 g/mol. The number of benzene rings is 1. The van der Waals surface area contributed by atoms with Crippen molar-refractivity contribution < 1.29 is 0 Å². The molecule has 1 aromatic heterocycles. The summed E-state index contributed by atoms with van der Waals surface area (Å²) in [5.74, 6) is 0. The average Bonchev–Trinajstić information content (AvgIpc) is 2.77. The van der Waals surface area contributed by atoms with Gasteiger partial charge in [-0.15, -0.1) is 0 Å². The standard InChI is InChI=1S/C16H22N4/c1-19-12-15(11-18-19)16(10-17)20-8-6-13-4-2-3-5-14(13)7-9-20/h2-5,11-12,16H,6-10,17H2,1H3. The van der Waals surface area contributed by atoms with Crippen molar-refractivity contribution in [3.8, 4) is 0 Å². The van der Waals surface area contributed by atoms with Gasteiger partial charge < -0.3 is 5.73 Å². The Kier molecular flexibility index (Phi) is 3.85. The van der Waals surface area contributed by atoms with E-state index >= 15 is 0 Å². The van der Waals surface area contributed by atoms with Crippen LogP contribution < -0.4 is 5.73 Å². The van der Waals surface area contributed by atoms with Crippen molar-refractivity contribution in [3.05, 3.63) is 53.3 Å². The maximum absolute atomic E-state index is 6.02. The van der Waals surface area contributed by atoms with Gasteiger partial charge in [0.1, 0.15) is 0 Å². The van der Waals surface area contributed by atoms with Crippen LogP contribution in [0.4, 0.5) is 0 Å². The Bertz CT molecular complexity index is 548. The van der Waals surface area contributed by atoms with Crippen LogP contribution in [0.2, 0.25) is 0 Å². The molecule has 106 valence electrons. The molecule has 4 nitrogen and oxygen atoms in total. The van der Waals surface area contributed by atoms with E-state index in [9.17, 15) is 0 Å². The predicted octanol–water partition coefficient (Wildman–Crippen LogP) is 1.52. The fraction of sp³-hybridized carbons (Fsp3) is 0.438. The van der Waals surface area contributed by atoms with Gasteiger partial charge in [0.25, 0.3) is 0 Å². The summed E-state index contributed by atoms with van der Waals surface area (Å²) in [5.41, 5.74) is 10.2. The summed E-state index contributed by atoms with van der Waals surface area (Å²) in [6.45, 7) is 2.77. The molecule has 0 fully saturated rings. The van der Waals surface area contributed by atoms with Gasteiger partial charge in [0.05, 0.1) is 12.2 Å². The lowest BCUT2D eigenvalue weighted by Gasteiger charge is -2.28. The average molecular weight is 270 g/mol.